The van der Waals surface area contributed by atoms with Crippen molar-refractivity contribution in [3.8, 4) is 11.4 Å². The number of aromatic hydroxyl groups is 1. The van der Waals surface area contributed by atoms with E-state index >= 15 is 0 Å². The molecule has 11 heteroatoms. The number of hydrogen-bond donors (Lipinski definition) is 4. The number of aromatic nitrogens is 3. The summed E-state index contributed by atoms with van der Waals surface area (Å²) >= 11 is 5.88. The van der Waals surface area contributed by atoms with E-state index in [-0.39, 0.29) is 44.3 Å². The van der Waals surface area contributed by atoms with Crippen LogP contribution in [0, 0.1) is 6.92 Å². The van der Waals surface area contributed by atoms with Gasteiger partial charge in [0.05, 0.1) is 32.9 Å². The number of hydrazone groups is 1. The number of amides is 1. The van der Waals surface area contributed by atoms with E-state index in [2.05, 4.69) is 15.2 Å². The fraction of sp³-hybridized carbons (Fsp3) is 0.0625. The van der Waals surface area contributed by atoms with Crippen LogP contribution in [-0.2, 0) is 4.79 Å². The Bertz CT molecular complexity index is 1140. The van der Waals surface area contributed by atoms with Crippen LogP contribution in [0.4, 0.5) is 0 Å². The van der Waals surface area contributed by atoms with Gasteiger partial charge in [-0.25, -0.2) is 14.5 Å². The first kappa shape index (κ1) is 18.1. The highest BCUT2D eigenvalue weighted by molar-refractivity contribution is 6.47. The largest absolute Gasteiger partial charge is 0.505 e. The van der Waals surface area contributed by atoms with Crippen molar-refractivity contribution in [3.05, 3.63) is 46.2 Å². The third-order valence-electron chi connectivity index (χ3n) is 3.86. The molecule has 3 rings (SSSR count). The van der Waals surface area contributed by atoms with Crippen molar-refractivity contribution in [2.75, 3.05) is 0 Å². The molecule has 1 aromatic carbocycles. The Labute approximate surface area is 156 Å². The average molecular weight is 389 g/mol. The number of aromatic carboxylic acids is 1. The predicted molar refractivity (Wildman–Crippen MR) is 97.2 cm³/mol. The Morgan fingerprint density at radius 1 is 1.33 bits per heavy atom. The molecule has 0 radical (unpaired) electrons. The molecule has 0 unspecified atom stereocenters. The fourth-order valence-corrected chi connectivity index (χ4v) is 2.79. The molecular formula is C16H13ClN6O4. The van der Waals surface area contributed by atoms with Gasteiger partial charge in [0.25, 0.3) is 5.91 Å². The van der Waals surface area contributed by atoms with Crippen molar-refractivity contribution in [3.63, 3.8) is 0 Å². The van der Waals surface area contributed by atoms with Gasteiger partial charge >= 0.3 is 5.97 Å². The SMILES string of the molecule is Cc1nc2nn(-c3ccc(Cl)c(C(=O)O)c3)cc2c(C(=NN)C(N)=O)c1O. The molecule has 0 aliphatic heterocycles. The Morgan fingerprint density at radius 3 is 2.63 bits per heavy atom. The summed E-state index contributed by atoms with van der Waals surface area (Å²) in [5.41, 5.74) is 5.57. The molecule has 10 nitrogen and oxygen atoms in total. The molecule has 2 aromatic heterocycles. The number of primary amides is 1. The van der Waals surface area contributed by atoms with E-state index in [0.717, 1.165) is 0 Å². The van der Waals surface area contributed by atoms with E-state index in [4.69, 9.17) is 23.2 Å². The number of hydrogen-bond acceptors (Lipinski definition) is 7. The van der Waals surface area contributed by atoms with Crippen molar-refractivity contribution >= 4 is 40.2 Å². The number of carbonyl (C=O) groups is 2. The quantitative estimate of drug-likeness (QED) is 0.292. The lowest BCUT2D eigenvalue weighted by molar-refractivity contribution is -0.111. The highest BCUT2D eigenvalue weighted by atomic mass is 35.5. The molecular weight excluding hydrogens is 376 g/mol. The minimum absolute atomic E-state index is 0.00817. The van der Waals surface area contributed by atoms with E-state index in [9.17, 15) is 19.8 Å². The van der Waals surface area contributed by atoms with Gasteiger partial charge in [-0.05, 0) is 25.1 Å². The van der Waals surface area contributed by atoms with Gasteiger partial charge in [-0.3, -0.25) is 4.79 Å². The molecule has 3 aromatic rings. The standard InChI is InChI=1S/C16H13ClN6O4/c1-6-13(24)11(12(21-19)14(18)25)9-5-23(22-15(9)20-6)7-2-3-10(17)8(4-7)16(26)27/h2-5,24H,19H2,1H3,(H2,18,25)(H,26,27). The molecule has 0 saturated heterocycles. The summed E-state index contributed by atoms with van der Waals surface area (Å²) in [6.45, 7) is 1.51. The molecule has 0 bridgehead atoms. The summed E-state index contributed by atoms with van der Waals surface area (Å²) in [6.07, 6.45) is 1.44. The number of pyridine rings is 1. The normalized spacial score (nSPS) is 11.7. The minimum Gasteiger partial charge on any atom is -0.505 e. The maximum atomic E-state index is 11.6. The number of rotatable bonds is 4. The number of carboxylic acid groups (broad SMARTS) is 1. The van der Waals surface area contributed by atoms with Gasteiger partial charge in [-0.15, -0.1) is 5.10 Å². The van der Waals surface area contributed by atoms with E-state index in [1.54, 1.807) is 6.07 Å². The van der Waals surface area contributed by atoms with Crippen LogP contribution >= 0.6 is 11.6 Å². The number of fused-ring (bicyclic) bond motifs is 1. The Balaban J connectivity index is 2.29. The van der Waals surface area contributed by atoms with Gasteiger partial charge in [0.15, 0.2) is 11.4 Å². The molecule has 0 saturated carbocycles. The third kappa shape index (κ3) is 3.02. The zero-order valence-electron chi connectivity index (χ0n) is 13.8. The lowest BCUT2D eigenvalue weighted by atomic mass is 10.0. The van der Waals surface area contributed by atoms with E-state index < -0.39 is 11.9 Å². The Kier molecular flexibility index (Phi) is 4.42. The van der Waals surface area contributed by atoms with Gasteiger partial charge < -0.3 is 21.8 Å². The minimum atomic E-state index is -1.20. The first-order valence-electron chi connectivity index (χ1n) is 7.44. The highest BCUT2D eigenvalue weighted by Gasteiger charge is 2.23. The molecule has 0 atom stereocenters. The topological polar surface area (TPSA) is 170 Å². The third-order valence-corrected chi connectivity index (χ3v) is 4.19. The molecule has 138 valence electrons. The highest BCUT2D eigenvalue weighted by Crippen LogP contribution is 2.30. The van der Waals surface area contributed by atoms with Gasteiger partial charge in [0.1, 0.15) is 5.75 Å². The lowest BCUT2D eigenvalue weighted by Crippen LogP contribution is -2.26. The van der Waals surface area contributed by atoms with E-state index in [1.807, 2.05) is 0 Å². The number of nitrogens with zero attached hydrogens (tertiary/aromatic N) is 4. The number of benzene rings is 1. The van der Waals surface area contributed by atoms with Gasteiger partial charge in [0, 0.05) is 6.20 Å². The van der Waals surface area contributed by atoms with Gasteiger partial charge in [0.2, 0.25) is 0 Å². The fourth-order valence-electron chi connectivity index (χ4n) is 2.59. The van der Waals surface area contributed by atoms with Crippen LogP contribution in [0.5, 0.6) is 5.75 Å². The number of carbonyl (C=O) groups excluding carboxylic acids is 1. The zero-order chi connectivity index (χ0) is 19.9. The predicted octanol–water partition coefficient (Wildman–Crippen LogP) is 0.934. The summed E-state index contributed by atoms with van der Waals surface area (Å²) in [4.78, 5) is 27.1. The molecule has 0 fully saturated rings. The molecule has 27 heavy (non-hydrogen) atoms. The van der Waals surface area contributed by atoms with E-state index in [1.165, 1.54) is 29.9 Å². The van der Waals surface area contributed by atoms with Crippen LogP contribution in [0.15, 0.2) is 29.5 Å². The zero-order valence-corrected chi connectivity index (χ0v) is 14.6. The maximum Gasteiger partial charge on any atom is 0.337 e. The Morgan fingerprint density at radius 2 is 2.04 bits per heavy atom. The molecule has 0 aliphatic rings. The van der Waals surface area contributed by atoms with Crippen molar-refractivity contribution in [1.29, 1.82) is 0 Å². The number of aryl methyl sites for hydroxylation is 1. The lowest BCUT2D eigenvalue weighted by Gasteiger charge is -2.07. The second kappa shape index (κ2) is 6.57. The van der Waals surface area contributed by atoms with Crippen LogP contribution in [-0.4, -0.2) is 42.6 Å². The van der Waals surface area contributed by atoms with Crippen molar-refractivity contribution in [1.82, 2.24) is 14.8 Å². The first-order valence-corrected chi connectivity index (χ1v) is 7.82. The summed E-state index contributed by atoms with van der Waals surface area (Å²) in [5.74, 6) is 2.80. The summed E-state index contributed by atoms with van der Waals surface area (Å²) in [5, 5.41) is 27.5. The number of halogens is 1. The molecule has 1 amide bonds. The second-order valence-corrected chi connectivity index (χ2v) is 5.95. The van der Waals surface area contributed by atoms with Crippen molar-refractivity contribution in [2.45, 2.75) is 6.92 Å². The van der Waals surface area contributed by atoms with Crippen LogP contribution in [0.3, 0.4) is 0 Å². The monoisotopic (exact) mass is 388 g/mol. The second-order valence-electron chi connectivity index (χ2n) is 5.54. The van der Waals surface area contributed by atoms with Gasteiger partial charge in [-0.2, -0.15) is 5.10 Å². The molecule has 0 spiro atoms. The Hall–Kier alpha value is -3.66. The summed E-state index contributed by atoms with van der Waals surface area (Å²) < 4.78 is 1.33. The number of carboxylic acids is 1. The van der Waals surface area contributed by atoms with Crippen LogP contribution in [0.2, 0.25) is 5.02 Å². The molecule has 0 aliphatic carbocycles. The van der Waals surface area contributed by atoms with E-state index in [0.29, 0.717) is 5.69 Å². The van der Waals surface area contributed by atoms with Crippen molar-refractivity contribution in [2.24, 2.45) is 16.7 Å². The van der Waals surface area contributed by atoms with Crippen LogP contribution < -0.4 is 11.6 Å². The summed E-state index contributed by atoms with van der Waals surface area (Å²) in [6, 6.07) is 4.30. The molecule has 2 heterocycles. The molecule has 6 N–H and O–H groups in total. The summed E-state index contributed by atoms with van der Waals surface area (Å²) in [7, 11) is 0. The average Bonchev–Trinajstić information content (AvgIpc) is 3.02. The van der Waals surface area contributed by atoms with Gasteiger partial charge in [-0.1, -0.05) is 11.6 Å². The van der Waals surface area contributed by atoms with Crippen molar-refractivity contribution < 1.29 is 19.8 Å². The number of nitrogens with two attached hydrogens (primary N) is 2. The smallest absolute Gasteiger partial charge is 0.337 e. The first-order chi connectivity index (χ1) is 12.7. The van der Waals surface area contributed by atoms with Crippen LogP contribution in [0.1, 0.15) is 21.6 Å². The maximum absolute atomic E-state index is 11.6. The van der Waals surface area contributed by atoms with Crippen LogP contribution in [0.25, 0.3) is 16.7 Å².